The van der Waals surface area contributed by atoms with Crippen molar-refractivity contribution in [2.75, 3.05) is 11.9 Å². The molecule has 3 aromatic rings. The molecule has 0 aliphatic heterocycles. The molecule has 0 radical (unpaired) electrons. The van der Waals surface area contributed by atoms with Gasteiger partial charge in [-0.05, 0) is 24.6 Å². The molecule has 134 valence electrons. The molecule has 0 unspecified atom stereocenters. The highest BCUT2D eigenvalue weighted by atomic mass is 32.1. The van der Waals surface area contributed by atoms with Gasteiger partial charge in [-0.25, -0.2) is 0 Å². The summed E-state index contributed by atoms with van der Waals surface area (Å²) in [6, 6.07) is 6.99. The Morgan fingerprint density at radius 2 is 2.19 bits per heavy atom. The lowest BCUT2D eigenvalue weighted by molar-refractivity contribution is -0.118. The van der Waals surface area contributed by atoms with Crippen LogP contribution < -0.4 is 15.6 Å². The Balaban J connectivity index is 1.74. The molecule has 0 saturated heterocycles. The Morgan fingerprint density at radius 1 is 1.35 bits per heavy atom. The van der Waals surface area contributed by atoms with E-state index in [1.54, 1.807) is 41.1 Å². The zero-order chi connectivity index (χ0) is 18.5. The second-order valence-electron chi connectivity index (χ2n) is 5.47. The summed E-state index contributed by atoms with van der Waals surface area (Å²) < 4.78 is 7.18. The highest BCUT2D eigenvalue weighted by Crippen LogP contribution is 2.23. The van der Waals surface area contributed by atoms with Crippen LogP contribution in [0.15, 0.2) is 47.9 Å². The van der Waals surface area contributed by atoms with Crippen LogP contribution in [0, 0.1) is 0 Å². The lowest BCUT2D eigenvalue weighted by atomic mass is 10.1. The van der Waals surface area contributed by atoms with Crippen LogP contribution in [0.1, 0.15) is 11.9 Å². The Morgan fingerprint density at radius 3 is 2.92 bits per heavy atom. The standard InChI is InChI=1S/C18H18N4O3S/c1-3-9-22-10-8-12-13(17(22)24)6-5-7-14(12)25-11-15(23)19-18-21-20-16(4-2)26-18/h3,5-8,10H,1,4,9,11H2,2H3,(H,19,21,23). The molecule has 0 spiro atoms. The smallest absolute Gasteiger partial charge is 0.264 e. The van der Waals surface area contributed by atoms with Crippen LogP contribution in [-0.4, -0.2) is 27.3 Å². The summed E-state index contributed by atoms with van der Waals surface area (Å²) in [5.74, 6) is 0.146. The third-order valence-electron chi connectivity index (χ3n) is 3.68. The maximum absolute atomic E-state index is 12.4. The van der Waals surface area contributed by atoms with Crippen LogP contribution in [0.3, 0.4) is 0 Å². The number of carbonyl (C=O) groups is 1. The first-order chi connectivity index (χ1) is 12.6. The third-order valence-corrected chi connectivity index (χ3v) is 4.66. The summed E-state index contributed by atoms with van der Waals surface area (Å²) in [6.45, 7) is 5.87. The Bertz CT molecular complexity index is 1010. The number of rotatable bonds is 7. The summed E-state index contributed by atoms with van der Waals surface area (Å²) in [6.07, 6.45) is 4.12. The van der Waals surface area contributed by atoms with E-state index in [4.69, 9.17) is 4.74 Å². The number of aryl methyl sites for hydroxylation is 1. The Kier molecular flexibility index (Phi) is 5.43. The lowest BCUT2D eigenvalue weighted by Crippen LogP contribution is -2.21. The lowest BCUT2D eigenvalue weighted by Gasteiger charge is -2.10. The molecule has 0 atom stereocenters. The number of fused-ring (bicyclic) bond motifs is 1. The van der Waals surface area contributed by atoms with Gasteiger partial charge in [0.05, 0.1) is 5.39 Å². The number of hydrogen-bond acceptors (Lipinski definition) is 6. The predicted molar refractivity (Wildman–Crippen MR) is 102 cm³/mol. The summed E-state index contributed by atoms with van der Waals surface area (Å²) in [4.78, 5) is 24.5. The molecule has 3 rings (SSSR count). The van der Waals surface area contributed by atoms with Gasteiger partial charge in [-0.3, -0.25) is 14.9 Å². The van der Waals surface area contributed by atoms with E-state index in [1.807, 2.05) is 6.92 Å². The van der Waals surface area contributed by atoms with Gasteiger partial charge in [0.15, 0.2) is 6.61 Å². The molecular formula is C18H18N4O3S. The maximum Gasteiger partial charge on any atom is 0.264 e. The van der Waals surface area contributed by atoms with Gasteiger partial charge in [0.1, 0.15) is 10.8 Å². The van der Waals surface area contributed by atoms with Gasteiger partial charge in [-0.1, -0.05) is 30.4 Å². The van der Waals surface area contributed by atoms with Gasteiger partial charge in [-0.2, -0.15) is 0 Å². The van der Waals surface area contributed by atoms with Gasteiger partial charge in [-0.15, -0.1) is 16.8 Å². The first-order valence-electron chi connectivity index (χ1n) is 8.10. The molecule has 0 fully saturated rings. The van der Waals surface area contributed by atoms with Crippen molar-refractivity contribution in [3.63, 3.8) is 0 Å². The van der Waals surface area contributed by atoms with E-state index < -0.39 is 0 Å². The van der Waals surface area contributed by atoms with Crippen LogP contribution in [0.2, 0.25) is 0 Å². The molecule has 1 amide bonds. The van der Waals surface area contributed by atoms with E-state index in [0.29, 0.717) is 28.2 Å². The van der Waals surface area contributed by atoms with Crippen molar-refractivity contribution in [3.8, 4) is 5.75 Å². The van der Waals surface area contributed by atoms with Crippen LogP contribution in [-0.2, 0) is 17.8 Å². The number of aromatic nitrogens is 3. The second-order valence-corrected chi connectivity index (χ2v) is 6.53. The van der Waals surface area contributed by atoms with Crippen molar-refractivity contribution in [2.24, 2.45) is 0 Å². The number of anilines is 1. The van der Waals surface area contributed by atoms with Crippen LogP contribution in [0.5, 0.6) is 5.75 Å². The van der Waals surface area contributed by atoms with E-state index in [-0.39, 0.29) is 18.1 Å². The molecule has 2 aromatic heterocycles. The molecule has 7 nitrogen and oxygen atoms in total. The van der Waals surface area contributed by atoms with Gasteiger partial charge < -0.3 is 9.30 Å². The van der Waals surface area contributed by atoms with E-state index in [2.05, 4.69) is 22.1 Å². The van der Waals surface area contributed by atoms with Gasteiger partial charge in [0, 0.05) is 18.1 Å². The number of amides is 1. The van der Waals surface area contributed by atoms with E-state index in [9.17, 15) is 9.59 Å². The highest BCUT2D eigenvalue weighted by molar-refractivity contribution is 7.15. The number of allylic oxidation sites excluding steroid dienone is 1. The maximum atomic E-state index is 12.4. The molecule has 1 aromatic carbocycles. The van der Waals surface area contributed by atoms with Crippen molar-refractivity contribution < 1.29 is 9.53 Å². The Hall–Kier alpha value is -3.00. The fourth-order valence-electron chi connectivity index (χ4n) is 2.44. The average molecular weight is 370 g/mol. The first-order valence-corrected chi connectivity index (χ1v) is 8.92. The number of nitrogens with one attached hydrogen (secondary N) is 1. The van der Waals surface area contributed by atoms with Crippen molar-refractivity contribution in [2.45, 2.75) is 19.9 Å². The monoisotopic (exact) mass is 370 g/mol. The van der Waals surface area contributed by atoms with E-state index in [0.717, 1.165) is 11.4 Å². The number of carbonyl (C=O) groups excluding carboxylic acids is 1. The van der Waals surface area contributed by atoms with Crippen molar-refractivity contribution in [3.05, 3.63) is 58.5 Å². The zero-order valence-corrected chi connectivity index (χ0v) is 15.1. The number of pyridine rings is 1. The topological polar surface area (TPSA) is 86.1 Å². The number of ether oxygens (including phenoxy) is 1. The highest BCUT2D eigenvalue weighted by Gasteiger charge is 2.11. The van der Waals surface area contributed by atoms with Crippen LogP contribution in [0.25, 0.3) is 10.8 Å². The summed E-state index contributed by atoms with van der Waals surface area (Å²) >= 11 is 1.33. The molecule has 26 heavy (non-hydrogen) atoms. The summed E-state index contributed by atoms with van der Waals surface area (Å²) in [5, 5.41) is 13.0. The fourth-order valence-corrected chi connectivity index (χ4v) is 3.14. The van der Waals surface area contributed by atoms with Crippen LogP contribution in [0.4, 0.5) is 5.13 Å². The fraction of sp³-hybridized carbons (Fsp3) is 0.222. The minimum absolute atomic E-state index is 0.127. The molecule has 8 heteroatoms. The van der Waals surface area contributed by atoms with Gasteiger partial charge >= 0.3 is 0 Å². The first kappa shape index (κ1) is 17.8. The predicted octanol–water partition coefficient (Wildman–Crippen LogP) is 2.62. The minimum atomic E-state index is -0.333. The second kappa shape index (κ2) is 7.92. The van der Waals surface area contributed by atoms with Gasteiger partial charge in [0.25, 0.3) is 11.5 Å². The normalized spacial score (nSPS) is 10.7. The molecule has 0 saturated carbocycles. The number of benzene rings is 1. The molecule has 2 heterocycles. The minimum Gasteiger partial charge on any atom is -0.483 e. The molecule has 0 aliphatic rings. The number of nitrogens with zero attached hydrogens (tertiary/aromatic N) is 3. The van der Waals surface area contributed by atoms with Crippen LogP contribution >= 0.6 is 11.3 Å². The molecule has 1 N–H and O–H groups in total. The number of hydrogen-bond donors (Lipinski definition) is 1. The van der Waals surface area contributed by atoms with Crippen molar-refractivity contribution in [1.82, 2.24) is 14.8 Å². The SMILES string of the molecule is C=CCn1ccc2c(OCC(=O)Nc3nnc(CC)s3)cccc2c1=O. The quantitative estimate of drug-likeness (QED) is 0.646. The summed E-state index contributed by atoms with van der Waals surface area (Å²) in [7, 11) is 0. The molecular weight excluding hydrogens is 352 g/mol. The molecule has 0 bridgehead atoms. The largest absolute Gasteiger partial charge is 0.483 e. The molecule has 0 aliphatic carbocycles. The summed E-state index contributed by atoms with van der Waals surface area (Å²) in [5.41, 5.74) is -0.127. The van der Waals surface area contributed by atoms with Crippen molar-refractivity contribution in [1.29, 1.82) is 0 Å². The van der Waals surface area contributed by atoms with E-state index in [1.165, 1.54) is 11.3 Å². The van der Waals surface area contributed by atoms with E-state index >= 15 is 0 Å². The van der Waals surface area contributed by atoms with Gasteiger partial charge in [0.2, 0.25) is 5.13 Å². The third kappa shape index (κ3) is 3.80. The van der Waals surface area contributed by atoms with Crippen molar-refractivity contribution >= 4 is 33.1 Å². The Labute approximate surface area is 153 Å². The zero-order valence-electron chi connectivity index (χ0n) is 14.3. The average Bonchev–Trinajstić information content (AvgIpc) is 3.10.